The lowest BCUT2D eigenvalue weighted by Crippen LogP contribution is -3.00. The average Bonchev–Trinajstić information content (AvgIpc) is 2.76. The molecule has 0 unspecified atom stereocenters. The molecule has 5 heteroatoms. The number of halogens is 1. The van der Waals surface area contributed by atoms with E-state index in [-0.39, 0.29) is 22.4 Å². The van der Waals surface area contributed by atoms with Gasteiger partial charge in [-0.15, -0.1) is 0 Å². The topological polar surface area (TPSA) is 27.7 Å². The van der Waals surface area contributed by atoms with Gasteiger partial charge in [-0.2, -0.15) is 0 Å². The second-order valence-electron chi connectivity index (χ2n) is 12.3. The van der Waals surface area contributed by atoms with Gasteiger partial charge in [-0.25, -0.2) is 0 Å². The molecule has 0 heterocycles. The van der Waals surface area contributed by atoms with Crippen molar-refractivity contribution in [3.63, 3.8) is 0 Å². The average molecular weight is 565 g/mol. The molecule has 2 aromatic rings. The van der Waals surface area contributed by atoms with Gasteiger partial charge in [-0.1, -0.05) is 60.1 Å². The van der Waals surface area contributed by atoms with Crippen LogP contribution in [-0.4, -0.2) is 51.6 Å². The van der Waals surface area contributed by atoms with Crippen LogP contribution in [0.2, 0.25) is 0 Å². The Morgan fingerprint density at radius 2 is 1.28 bits per heavy atom. The molecule has 2 rings (SSSR count). The zero-order valence-corrected chi connectivity index (χ0v) is 25.6. The second kappa shape index (κ2) is 15.0. The van der Waals surface area contributed by atoms with E-state index < -0.39 is 0 Å². The Balaban J connectivity index is 0.00000648. The van der Waals surface area contributed by atoms with Crippen LogP contribution in [0, 0.1) is 5.41 Å². The molecule has 0 atom stereocenters. The van der Waals surface area contributed by atoms with Crippen molar-refractivity contribution in [2.75, 3.05) is 47.1 Å². The van der Waals surface area contributed by atoms with Crippen molar-refractivity contribution in [2.24, 2.45) is 5.41 Å². The molecule has 0 spiro atoms. The molecule has 0 saturated carbocycles. The molecule has 4 nitrogen and oxygen atoms in total. The molecule has 0 saturated heterocycles. The minimum atomic E-state index is 0. The van der Waals surface area contributed by atoms with E-state index in [2.05, 4.69) is 104 Å². The molecule has 0 N–H and O–H groups in total. The van der Waals surface area contributed by atoms with Crippen LogP contribution in [0.1, 0.15) is 71.9 Å². The van der Waals surface area contributed by atoms with Crippen LogP contribution in [0.4, 0.5) is 0 Å². The highest BCUT2D eigenvalue weighted by Crippen LogP contribution is 2.36. The van der Waals surface area contributed by atoms with Gasteiger partial charge in [0.05, 0.1) is 33.9 Å². The Labute approximate surface area is 231 Å². The number of rotatable bonds is 15. The van der Waals surface area contributed by atoms with E-state index >= 15 is 0 Å². The highest BCUT2D eigenvalue weighted by Gasteiger charge is 2.27. The van der Waals surface area contributed by atoms with Crippen molar-refractivity contribution >= 4 is 0 Å². The second-order valence-corrected chi connectivity index (χ2v) is 12.3. The first kappa shape index (κ1) is 32.5. The van der Waals surface area contributed by atoms with Crippen LogP contribution >= 0.6 is 0 Å². The molecular weight excluding hydrogens is 514 g/mol. The summed E-state index contributed by atoms with van der Waals surface area (Å²) in [5, 5.41) is 0. The van der Waals surface area contributed by atoms with Gasteiger partial charge in [0.25, 0.3) is 0 Å². The fourth-order valence-electron chi connectivity index (χ4n) is 4.66. The highest BCUT2D eigenvalue weighted by molar-refractivity contribution is 5.32. The number of hydrogen-bond donors (Lipinski definition) is 0. The molecule has 0 aromatic heterocycles. The van der Waals surface area contributed by atoms with Crippen LogP contribution in [0.3, 0.4) is 0 Å². The molecule has 0 aliphatic carbocycles. The van der Waals surface area contributed by atoms with E-state index in [1.54, 1.807) is 0 Å². The lowest BCUT2D eigenvalue weighted by Gasteiger charge is -2.33. The summed E-state index contributed by atoms with van der Waals surface area (Å²) in [6.45, 7) is 18.3. The van der Waals surface area contributed by atoms with E-state index in [1.165, 1.54) is 11.1 Å². The van der Waals surface area contributed by atoms with Crippen LogP contribution < -0.4 is 26.5 Å². The molecule has 0 fully saturated rings. The quantitative estimate of drug-likeness (QED) is 0.239. The van der Waals surface area contributed by atoms with Gasteiger partial charge in [-0.3, -0.25) is 0 Å². The van der Waals surface area contributed by atoms with E-state index in [9.17, 15) is 0 Å². The van der Waals surface area contributed by atoms with Crippen LogP contribution in [-0.2, 0) is 16.7 Å². The van der Waals surface area contributed by atoms with Crippen molar-refractivity contribution in [1.29, 1.82) is 0 Å². The first-order chi connectivity index (χ1) is 16.4. The van der Waals surface area contributed by atoms with Crippen LogP contribution in [0.15, 0.2) is 48.5 Å². The van der Waals surface area contributed by atoms with Crippen molar-refractivity contribution in [3.05, 3.63) is 59.7 Å². The van der Waals surface area contributed by atoms with Gasteiger partial charge in [0, 0.05) is 5.56 Å². The summed E-state index contributed by atoms with van der Waals surface area (Å²) in [7, 11) is 4.49. The molecular formula is C31H50BrNO3. The number of quaternary nitrogens is 1. The predicted molar refractivity (Wildman–Crippen MR) is 147 cm³/mol. The fourth-order valence-corrected chi connectivity index (χ4v) is 4.66. The molecule has 204 valence electrons. The molecule has 0 aliphatic rings. The number of hydrogen-bond acceptors (Lipinski definition) is 3. The molecule has 36 heavy (non-hydrogen) atoms. The van der Waals surface area contributed by atoms with Crippen molar-refractivity contribution in [1.82, 2.24) is 0 Å². The van der Waals surface area contributed by atoms with Crippen LogP contribution in [0.5, 0.6) is 11.5 Å². The highest BCUT2D eigenvalue weighted by atomic mass is 79.9. The van der Waals surface area contributed by atoms with E-state index in [0.29, 0.717) is 25.2 Å². The zero-order chi connectivity index (χ0) is 26.0. The molecule has 0 radical (unpaired) electrons. The number of likely N-dealkylation sites (N-methyl/N-ethyl adjacent to an activating group) is 1. The lowest BCUT2D eigenvalue weighted by molar-refractivity contribution is -0.904. The standard InChI is InChI=1S/C31H50NO3.BrH/c1-9-10-20-34-28-15-11-26(12-16-28)24-32(7,8)19-21-33-22-23-35-29-17-13-27(14-18-29)31(5,6)25-30(2,3)4;/h11-18H,9-10,19-25H2,1-8H3;1H/q+1;/p-1. The van der Waals surface area contributed by atoms with Gasteiger partial charge >= 0.3 is 0 Å². The van der Waals surface area contributed by atoms with Crippen molar-refractivity contribution < 1.29 is 35.7 Å². The number of nitrogens with zero attached hydrogens (tertiary/aromatic N) is 1. The SMILES string of the molecule is CCCCOc1ccc(C[N+](C)(C)CCOCCOc2ccc(C(C)(C)CC(C)(C)C)cc2)cc1.[Br-]. The first-order valence-electron chi connectivity index (χ1n) is 13.3. The van der Waals surface area contributed by atoms with E-state index in [1.807, 2.05) is 0 Å². The smallest absolute Gasteiger partial charge is 0.119 e. The summed E-state index contributed by atoms with van der Waals surface area (Å²) >= 11 is 0. The van der Waals surface area contributed by atoms with Crippen molar-refractivity contribution in [3.8, 4) is 11.5 Å². The normalized spacial score (nSPS) is 12.2. The minimum Gasteiger partial charge on any atom is -1.00 e. The largest absolute Gasteiger partial charge is 1.00 e. The molecule has 2 aromatic carbocycles. The number of ether oxygens (including phenoxy) is 3. The Bertz CT molecular complexity index is 855. The summed E-state index contributed by atoms with van der Waals surface area (Å²) in [5.74, 6) is 1.86. The fraction of sp³-hybridized carbons (Fsp3) is 0.613. The summed E-state index contributed by atoms with van der Waals surface area (Å²) in [5.41, 5.74) is 3.12. The summed E-state index contributed by atoms with van der Waals surface area (Å²) in [6.07, 6.45) is 3.39. The maximum atomic E-state index is 5.91. The van der Waals surface area contributed by atoms with E-state index in [0.717, 1.165) is 54.9 Å². The van der Waals surface area contributed by atoms with Gasteiger partial charge in [0.2, 0.25) is 0 Å². The Hall–Kier alpha value is -1.56. The maximum Gasteiger partial charge on any atom is 0.119 e. The van der Waals surface area contributed by atoms with Crippen molar-refractivity contribution in [2.45, 2.75) is 72.8 Å². The monoisotopic (exact) mass is 563 g/mol. The predicted octanol–water partition coefficient (Wildman–Crippen LogP) is 4.26. The lowest BCUT2D eigenvalue weighted by atomic mass is 9.72. The van der Waals surface area contributed by atoms with Gasteiger partial charge in [0.1, 0.15) is 31.2 Å². The number of unbranched alkanes of at least 4 members (excludes halogenated alkanes) is 1. The summed E-state index contributed by atoms with van der Waals surface area (Å²) in [6, 6.07) is 17.1. The van der Waals surface area contributed by atoms with Gasteiger partial charge in [0.15, 0.2) is 0 Å². The Kier molecular flexibility index (Phi) is 13.5. The van der Waals surface area contributed by atoms with E-state index in [4.69, 9.17) is 14.2 Å². The number of benzene rings is 2. The third-order valence-electron chi connectivity index (χ3n) is 6.25. The third-order valence-corrected chi connectivity index (χ3v) is 6.25. The maximum absolute atomic E-state index is 5.91. The molecule has 0 amide bonds. The minimum absolute atomic E-state index is 0. The first-order valence-corrected chi connectivity index (χ1v) is 13.3. The third kappa shape index (κ3) is 12.6. The van der Waals surface area contributed by atoms with Gasteiger partial charge in [-0.05, 0) is 65.6 Å². The Morgan fingerprint density at radius 3 is 1.83 bits per heavy atom. The molecule has 0 aliphatic heterocycles. The summed E-state index contributed by atoms with van der Waals surface area (Å²) < 4.78 is 18.4. The zero-order valence-electron chi connectivity index (χ0n) is 24.0. The van der Waals surface area contributed by atoms with Crippen LogP contribution in [0.25, 0.3) is 0 Å². The summed E-state index contributed by atoms with van der Waals surface area (Å²) in [4.78, 5) is 0. The molecule has 0 bridgehead atoms. The Morgan fingerprint density at radius 1 is 0.722 bits per heavy atom. The van der Waals surface area contributed by atoms with Gasteiger partial charge < -0.3 is 35.7 Å².